The van der Waals surface area contributed by atoms with Crippen molar-refractivity contribution in [3.63, 3.8) is 0 Å². The summed E-state index contributed by atoms with van der Waals surface area (Å²) in [5.41, 5.74) is 2.78. The van der Waals surface area contributed by atoms with Crippen LogP contribution in [0.4, 0.5) is 0 Å². The Kier molecular flexibility index (Phi) is 7.46. The van der Waals surface area contributed by atoms with Crippen LogP contribution in [0.1, 0.15) is 47.4 Å². The Bertz CT molecular complexity index is 972. The van der Waals surface area contributed by atoms with E-state index in [-0.39, 0.29) is 18.1 Å². The van der Waals surface area contributed by atoms with Gasteiger partial charge in [-0.15, -0.1) is 0 Å². The van der Waals surface area contributed by atoms with E-state index in [1.54, 1.807) is 12.3 Å². The summed E-state index contributed by atoms with van der Waals surface area (Å²) in [6, 6.07) is 19.6. The maximum atomic E-state index is 12.5. The second-order valence-corrected chi connectivity index (χ2v) is 8.25. The molecule has 4 rings (SSSR count). The van der Waals surface area contributed by atoms with Gasteiger partial charge in [-0.1, -0.05) is 30.3 Å². The van der Waals surface area contributed by atoms with Crippen LogP contribution in [0.15, 0.2) is 73.2 Å². The molecule has 0 spiro atoms. The van der Waals surface area contributed by atoms with Crippen molar-refractivity contribution in [1.82, 2.24) is 20.2 Å². The summed E-state index contributed by atoms with van der Waals surface area (Å²) >= 11 is 0. The number of amides is 1. The molecule has 6 heteroatoms. The first-order chi connectivity index (χ1) is 15.7. The average Bonchev–Trinajstić information content (AvgIpc) is 2.85. The molecule has 1 N–H and O–H groups in total. The van der Waals surface area contributed by atoms with Crippen molar-refractivity contribution in [2.24, 2.45) is 0 Å². The molecule has 166 valence electrons. The van der Waals surface area contributed by atoms with Gasteiger partial charge in [0.05, 0.1) is 11.7 Å². The highest BCUT2D eigenvalue weighted by Crippen LogP contribution is 2.20. The van der Waals surface area contributed by atoms with Gasteiger partial charge in [-0.2, -0.15) is 0 Å². The molecular weight excluding hydrogens is 400 g/mol. The molecular formula is C26H30N4O2. The molecule has 1 aliphatic heterocycles. The minimum absolute atomic E-state index is 0.130. The van der Waals surface area contributed by atoms with Crippen molar-refractivity contribution in [2.45, 2.75) is 38.3 Å². The number of hydrogen-bond donors (Lipinski definition) is 1. The molecule has 0 saturated carbocycles. The minimum Gasteiger partial charge on any atom is -0.490 e. The predicted molar refractivity (Wildman–Crippen MR) is 125 cm³/mol. The lowest BCUT2D eigenvalue weighted by Crippen LogP contribution is -2.39. The zero-order chi connectivity index (χ0) is 22.2. The molecule has 1 aromatic heterocycles. The molecule has 3 aromatic rings. The van der Waals surface area contributed by atoms with Crippen LogP contribution in [-0.4, -0.2) is 46.5 Å². The lowest BCUT2D eigenvalue weighted by Gasteiger charge is -2.32. The molecule has 1 saturated heterocycles. The van der Waals surface area contributed by atoms with Crippen molar-refractivity contribution in [2.75, 3.05) is 19.6 Å². The summed E-state index contributed by atoms with van der Waals surface area (Å²) in [5, 5.41) is 2.97. The summed E-state index contributed by atoms with van der Waals surface area (Å²) < 4.78 is 6.18. The standard InChI is InChI=1S/C26H30N4O2/c1-20(25-11-15-27-19-28-25)29-26(31)22-7-9-23(10-8-22)32-24-13-17-30(18-14-24)16-12-21-5-3-2-4-6-21/h2-11,15,19-20,24H,12-14,16-18H2,1H3,(H,29,31)/t20-/m0/s1. The van der Waals surface area contributed by atoms with Crippen LogP contribution in [0.3, 0.4) is 0 Å². The summed E-state index contributed by atoms with van der Waals surface area (Å²) in [5.74, 6) is 0.683. The number of hydrogen-bond acceptors (Lipinski definition) is 5. The third-order valence-corrected chi connectivity index (χ3v) is 5.91. The van der Waals surface area contributed by atoms with Gasteiger partial charge in [-0.25, -0.2) is 9.97 Å². The van der Waals surface area contributed by atoms with Gasteiger partial charge in [0, 0.05) is 31.4 Å². The second-order valence-electron chi connectivity index (χ2n) is 8.25. The predicted octanol–water partition coefficient (Wildman–Crippen LogP) is 4.05. The number of benzene rings is 2. The smallest absolute Gasteiger partial charge is 0.251 e. The van der Waals surface area contributed by atoms with E-state index in [2.05, 4.69) is 50.5 Å². The number of nitrogens with one attached hydrogen (secondary N) is 1. The highest BCUT2D eigenvalue weighted by Gasteiger charge is 2.20. The second kappa shape index (κ2) is 10.9. The molecule has 1 fully saturated rings. The van der Waals surface area contributed by atoms with E-state index >= 15 is 0 Å². The van der Waals surface area contributed by atoms with Gasteiger partial charge >= 0.3 is 0 Å². The Labute approximate surface area is 189 Å². The molecule has 1 amide bonds. The van der Waals surface area contributed by atoms with E-state index in [0.29, 0.717) is 5.56 Å². The third kappa shape index (κ3) is 6.14. The van der Waals surface area contributed by atoms with Gasteiger partial charge in [0.25, 0.3) is 5.91 Å². The number of carbonyl (C=O) groups excluding carboxylic acids is 1. The van der Waals surface area contributed by atoms with E-state index in [0.717, 1.165) is 50.3 Å². The van der Waals surface area contributed by atoms with Crippen LogP contribution in [0.2, 0.25) is 0 Å². The number of likely N-dealkylation sites (tertiary alicyclic amines) is 1. The van der Waals surface area contributed by atoms with E-state index < -0.39 is 0 Å². The van der Waals surface area contributed by atoms with E-state index in [9.17, 15) is 4.79 Å². The van der Waals surface area contributed by atoms with Crippen molar-refractivity contribution < 1.29 is 9.53 Å². The Hall–Kier alpha value is -3.25. The van der Waals surface area contributed by atoms with E-state index in [1.165, 1.54) is 11.9 Å². The third-order valence-electron chi connectivity index (χ3n) is 5.91. The number of ether oxygens (including phenoxy) is 1. The fourth-order valence-corrected chi connectivity index (χ4v) is 3.97. The largest absolute Gasteiger partial charge is 0.490 e. The highest BCUT2D eigenvalue weighted by atomic mass is 16.5. The molecule has 0 unspecified atom stereocenters. The number of nitrogens with zero attached hydrogens (tertiary/aromatic N) is 3. The average molecular weight is 431 g/mol. The number of rotatable bonds is 8. The van der Waals surface area contributed by atoms with Crippen LogP contribution in [0.5, 0.6) is 5.75 Å². The molecule has 2 aromatic carbocycles. The first kappa shape index (κ1) is 22.0. The van der Waals surface area contributed by atoms with Crippen molar-refractivity contribution in [3.05, 3.63) is 90.0 Å². The van der Waals surface area contributed by atoms with Crippen LogP contribution >= 0.6 is 0 Å². The number of piperidine rings is 1. The fourth-order valence-electron chi connectivity index (χ4n) is 3.97. The van der Waals surface area contributed by atoms with Crippen molar-refractivity contribution in [3.8, 4) is 5.75 Å². The monoisotopic (exact) mass is 430 g/mol. The molecule has 0 radical (unpaired) electrons. The molecule has 6 nitrogen and oxygen atoms in total. The Morgan fingerprint density at radius 2 is 1.84 bits per heavy atom. The van der Waals surface area contributed by atoms with Gasteiger partial charge < -0.3 is 15.0 Å². The molecule has 0 aliphatic carbocycles. The molecule has 1 atom stereocenters. The van der Waals surface area contributed by atoms with E-state index in [4.69, 9.17) is 4.74 Å². The number of carbonyl (C=O) groups is 1. The zero-order valence-corrected chi connectivity index (χ0v) is 18.5. The van der Waals surface area contributed by atoms with Crippen molar-refractivity contribution in [1.29, 1.82) is 0 Å². The van der Waals surface area contributed by atoms with Crippen LogP contribution in [-0.2, 0) is 6.42 Å². The minimum atomic E-state index is -0.187. The quantitative estimate of drug-likeness (QED) is 0.584. The summed E-state index contributed by atoms with van der Waals surface area (Å²) in [7, 11) is 0. The van der Waals surface area contributed by atoms with Crippen LogP contribution in [0.25, 0.3) is 0 Å². The topological polar surface area (TPSA) is 67.3 Å². The van der Waals surface area contributed by atoms with Gasteiger partial charge in [0.15, 0.2) is 0 Å². The van der Waals surface area contributed by atoms with Crippen LogP contribution in [0, 0.1) is 0 Å². The lowest BCUT2D eigenvalue weighted by molar-refractivity contribution is 0.0938. The lowest BCUT2D eigenvalue weighted by atomic mass is 10.1. The van der Waals surface area contributed by atoms with E-state index in [1.807, 2.05) is 31.2 Å². The van der Waals surface area contributed by atoms with Gasteiger partial charge in [-0.3, -0.25) is 4.79 Å². The van der Waals surface area contributed by atoms with Gasteiger partial charge in [0.2, 0.25) is 0 Å². The Morgan fingerprint density at radius 3 is 2.53 bits per heavy atom. The fraction of sp³-hybridized carbons (Fsp3) is 0.346. The SMILES string of the molecule is C[C@H](NC(=O)c1ccc(OC2CCN(CCc3ccccc3)CC2)cc1)c1ccncn1. The maximum absolute atomic E-state index is 12.5. The molecule has 1 aliphatic rings. The molecule has 32 heavy (non-hydrogen) atoms. The maximum Gasteiger partial charge on any atom is 0.251 e. The Balaban J connectivity index is 1.21. The van der Waals surface area contributed by atoms with Crippen molar-refractivity contribution >= 4 is 5.91 Å². The summed E-state index contributed by atoms with van der Waals surface area (Å²) in [6.45, 7) is 5.11. The first-order valence-electron chi connectivity index (χ1n) is 11.3. The summed E-state index contributed by atoms with van der Waals surface area (Å²) in [6.07, 6.45) is 6.51. The molecule has 0 bridgehead atoms. The normalized spacial score (nSPS) is 15.8. The zero-order valence-electron chi connectivity index (χ0n) is 18.5. The van der Waals surface area contributed by atoms with Gasteiger partial charge in [0.1, 0.15) is 18.2 Å². The summed E-state index contributed by atoms with van der Waals surface area (Å²) in [4.78, 5) is 23.1. The first-order valence-corrected chi connectivity index (χ1v) is 11.3. The van der Waals surface area contributed by atoms with Gasteiger partial charge in [-0.05, 0) is 62.1 Å². The molecule has 2 heterocycles. The Morgan fingerprint density at radius 1 is 1.09 bits per heavy atom. The number of aromatic nitrogens is 2. The highest BCUT2D eigenvalue weighted by molar-refractivity contribution is 5.94. The van der Waals surface area contributed by atoms with Crippen LogP contribution < -0.4 is 10.1 Å².